The topological polar surface area (TPSA) is 73.8 Å². The van der Waals surface area contributed by atoms with Crippen LogP contribution in [0.4, 0.5) is 4.39 Å². The van der Waals surface area contributed by atoms with Crippen LogP contribution in [-0.4, -0.2) is 46.5 Å². The Balaban J connectivity index is 1.83. The van der Waals surface area contributed by atoms with E-state index in [0.29, 0.717) is 23.4 Å². The molecule has 0 saturated heterocycles. The van der Waals surface area contributed by atoms with Gasteiger partial charge in [-0.15, -0.1) is 11.3 Å². The molecule has 0 radical (unpaired) electrons. The van der Waals surface area contributed by atoms with Gasteiger partial charge in [-0.05, 0) is 29.8 Å². The molecule has 0 bridgehead atoms. The van der Waals surface area contributed by atoms with E-state index in [1.807, 2.05) is 18.0 Å². The van der Waals surface area contributed by atoms with Crippen molar-refractivity contribution in [1.82, 2.24) is 14.9 Å². The van der Waals surface area contributed by atoms with Gasteiger partial charge in [0.25, 0.3) is 0 Å². The first-order valence-electron chi connectivity index (χ1n) is 7.73. The van der Waals surface area contributed by atoms with Gasteiger partial charge in [0.05, 0.1) is 4.34 Å². The van der Waals surface area contributed by atoms with Gasteiger partial charge in [0.15, 0.2) is 5.96 Å². The van der Waals surface area contributed by atoms with E-state index in [1.54, 1.807) is 19.2 Å². The van der Waals surface area contributed by atoms with Crippen LogP contribution in [-0.2, 0) is 16.6 Å². The Kier molecular flexibility index (Phi) is 7.39. The van der Waals surface area contributed by atoms with Crippen LogP contribution in [0.25, 0.3) is 0 Å². The van der Waals surface area contributed by atoms with Gasteiger partial charge in [0.2, 0.25) is 10.0 Å². The molecule has 26 heavy (non-hydrogen) atoms. The van der Waals surface area contributed by atoms with E-state index in [2.05, 4.69) is 15.0 Å². The zero-order valence-electron chi connectivity index (χ0n) is 14.4. The maximum absolute atomic E-state index is 13.3. The van der Waals surface area contributed by atoms with Crippen LogP contribution in [0.5, 0.6) is 0 Å². The highest BCUT2D eigenvalue weighted by molar-refractivity contribution is 7.91. The number of nitrogens with zero attached hydrogens (tertiary/aromatic N) is 2. The fourth-order valence-corrected chi connectivity index (χ4v) is 4.80. The number of sulfonamides is 1. The van der Waals surface area contributed by atoms with E-state index in [4.69, 9.17) is 11.6 Å². The SMILES string of the molecule is CN=C(NCCNS(=O)(=O)c1ccc(Cl)s1)N(C)Cc1cccc(F)c1. The maximum Gasteiger partial charge on any atom is 0.250 e. The van der Waals surface area contributed by atoms with Gasteiger partial charge in [0, 0.05) is 33.7 Å². The van der Waals surface area contributed by atoms with Crippen molar-refractivity contribution < 1.29 is 12.8 Å². The molecule has 0 unspecified atom stereocenters. The first kappa shape index (κ1) is 20.6. The molecule has 0 aliphatic heterocycles. The number of halogens is 2. The average molecular weight is 419 g/mol. The van der Waals surface area contributed by atoms with Gasteiger partial charge >= 0.3 is 0 Å². The molecule has 0 amide bonds. The Bertz CT molecular complexity index is 871. The first-order valence-corrected chi connectivity index (χ1v) is 10.4. The summed E-state index contributed by atoms with van der Waals surface area (Å²) in [6, 6.07) is 9.34. The van der Waals surface area contributed by atoms with Gasteiger partial charge in [-0.25, -0.2) is 17.5 Å². The summed E-state index contributed by atoms with van der Waals surface area (Å²) in [6.07, 6.45) is 0. The van der Waals surface area contributed by atoms with Crippen LogP contribution in [0.15, 0.2) is 45.6 Å². The normalized spacial score (nSPS) is 12.2. The van der Waals surface area contributed by atoms with Gasteiger partial charge < -0.3 is 10.2 Å². The van der Waals surface area contributed by atoms with Crippen molar-refractivity contribution in [3.63, 3.8) is 0 Å². The lowest BCUT2D eigenvalue weighted by atomic mass is 10.2. The lowest BCUT2D eigenvalue weighted by Crippen LogP contribution is -2.42. The lowest BCUT2D eigenvalue weighted by molar-refractivity contribution is 0.475. The second kappa shape index (κ2) is 9.31. The molecule has 2 aromatic rings. The van der Waals surface area contributed by atoms with Crippen LogP contribution >= 0.6 is 22.9 Å². The largest absolute Gasteiger partial charge is 0.355 e. The molecule has 0 saturated carbocycles. The molecule has 6 nitrogen and oxygen atoms in total. The Morgan fingerprint density at radius 1 is 1.31 bits per heavy atom. The molecule has 142 valence electrons. The highest BCUT2D eigenvalue weighted by Crippen LogP contribution is 2.25. The van der Waals surface area contributed by atoms with Crippen LogP contribution < -0.4 is 10.0 Å². The Hall–Kier alpha value is -1.68. The average Bonchev–Trinajstić information content (AvgIpc) is 3.02. The molecule has 2 rings (SSSR count). The number of guanidine groups is 1. The number of thiophene rings is 1. The predicted molar refractivity (Wildman–Crippen MR) is 104 cm³/mol. The number of rotatable bonds is 7. The minimum Gasteiger partial charge on any atom is -0.355 e. The van der Waals surface area contributed by atoms with Crippen LogP contribution in [0.2, 0.25) is 4.34 Å². The molecule has 0 fully saturated rings. The fourth-order valence-electron chi connectivity index (χ4n) is 2.24. The molecule has 0 aliphatic rings. The van der Waals surface area contributed by atoms with E-state index in [9.17, 15) is 12.8 Å². The molecule has 0 atom stereocenters. The zero-order valence-corrected chi connectivity index (χ0v) is 16.8. The zero-order chi connectivity index (χ0) is 19.2. The summed E-state index contributed by atoms with van der Waals surface area (Å²) in [6.45, 7) is 1.00. The van der Waals surface area contributed by atoms with E-state index >= 15 is 0 Å². The monoisotopic (exact) mass is 418 g/mol. The number of hydrogen-bond donors (Lipinski definition) is 2. The molecule has 1 aromatic carbocycles. The summed E-state index contributed by atoms with van der Waals surface area (Å²) in [5, 5.41) is 3.07. The lowest BCUT2D eigenvalue weighted by Gasteiger charge is -2.22. The van der Waals surface area contributed by atoms with Gasteiger partial charge in [-0.1, -0.05) is 23.7 Å². The highest BCUT2D eigenvalue weighted by atomic mass is 35.5. The summed E-state index contributed by atoms with van der Waals surface area (Å²) < 4.78 is 40.6. The molecule has 1 heterocycles. The summed E-state index contributed by atoms with van der Waals surface area (Å²) >= 11 is 6.77. The van der Waals surface area contributed by atoms with Gasteiger partial charge in [0.1, 0.15) is 10.0 Å². The molecule has 0 spiro atoms. The van der Waals surface area contributed by atoms with Crippen molar-refractivity contribution >= 4 is 38.9 Å². The highest BCUT2D eigenvalue weighted by Gasteiger charge is 2.16. The van der Waals surface area contributed by atoms with Crippen molar-refractivity contribution in [1.29, 1.82) is 0 Å². The van der Waals surface area contributed by atoms with Crippen molar-refractivity contribution in [2.24, 2.45) is 4.99 Å². The standard InChI is InChI=1S/C16H20ClFN4O2S2/c1-19-16(22(2)11-12-4-3-5-13(18)10-12)20-8-9-21-26(23,24)15-7-6-14(17)25-15/h3-7,10,21H,8-9,11H2,1-2H3,(H,19,20). The third kappa shape index (κ3) is 5.94. The Morgan fingerprint density at radius 3 is 2.69 bits per heavy atom. The van der Waals surface area contributed by atoms with Crippen molar-refractivity contribution in [3.05, 3.63) is 52.1 Å². The number of aliphatic imine (C=N–C) groups is 1. The van der Waals surface area contributed by atoms with Crippen LogP contribution in [0.1, 0.15) is 5.56 Å². The third-order valence-corrected chi connectivity index (χ3v) is 6.58. The van der Waals surface area contributed by atoms with Crippen LogP contribution in [0, 0.1) is 5.82 Å². The van der Waals surface area contributed by atoms with Gasteiger partial charge in [-0.2, -0.15) is 0 Å². The minimum atomic E-state index is -3.57. The quantitative estimate of drug-likeness (QED) is 0.411. The summed E-state index contributed by atoms with van der Waals surface area (Å²) in [5.74, 6) is 0.287. The van der Waals surface area contributed by atoms with Crippen molar-refractivity contribution in [2.45, 2.75) is 10.8 Å². The third-order valence-electron chi connectivity index (χ3n) is 3.40. The fraction of sp³-hybridized carbons (Fsp3) is 0.312. The molecular weight excluding hydrogens is 399 g/mol. The summed E-state index contributed by atoms with van der Waals surface area (Å²) in [5.41, 5.74) is 0.811. The van der Waals surface area contributed by atoms with E-state index in [1.165, 1.54) is 18.2 Å². The number of nitrogens with one attached hydrogen (secondary N) is 2. The summed E-state index contributed by atoms with van der Waals surface area (Å²) in [7, 11) is -0.124. The molecule has 2 N–H and O–H groups in total. The second-order valence-corrected chi connectivity index (χ2v) is 9.13. The Morgan fingerprint density at radius 2 is 2.08 bits per heavy atom. The number of benzene rings is 1. The van der Waals surface area contributed by atoms with Gasteiger partial charge in [-0.3, -0.25) is 4.99 Å². The Labute approximate surface area is 161 Å². The predicted octanol–water partition coefficient (Wildman–Crippen LogP) is 2.53. The van der Waals surface area contributed by atoms with E-state index in [-0.39, 0.29) is 16.6 Å². The smallest absolute Gasteiger partial charge is 0.250 e. The van der Waals surface area contributed by atoms with Crippen molar-refractivity contribution in [2.75, 3.05) is 27.2 Å². The maximum atomic E-state index is 13.3. The molecule has 1 aromatic heterocycles. The second-order valence-electron chi connectivity index (χ2n) is 5.42. The number of hydrogen-bond acceptors (Lipinski definition) is 4. The minimum absolute atomic E-state index is 0.176. The molecular formula is C16H20ClFN4O2S2. The van der Waals surface area contributed by atoms with E-state index in [0.717, 1.165) is 16.9 Å². The molecule has 0 aliphatic carbocycles. The molecule has 10 heteroatoms. The first-order chi connectivity index (χ1) is 12.3. The van der Waals surface area contributed by atoms with Crippen molar-refractivity contribution in [3.8, 4) is 0 Å². The summed E-state index contributed by atoms with van der Waals surface area (Å²) in [4.78, 5) is 5.97. The van der Waals surface area contributed by atoms with Crippen LogP contribution in [0.3, 0.4) is 0 Å². The van der Waals surface area contributed by atoms with E-state index < -0.39 is 10.0 Å².